The quantitative estimate of drug-likeness (QED) is 0.886. The first kappa shape index (κ1) is 14.9. The average Bonchev–Trinajstić information content (AvgIpc) is 2.45. The van der Waals surface area contributed by atoms with E-state index < -0.39 is 0 Å². The molecular formula is C17H20ClNO. The van der Waals surface area contributed by atoms with Crippen LogP contribution >= 0.6 is 11.6 Å². The molecule has 1 unspecified atom stereocenters. The molecule has 106 valence electrons. The standard InChI is InChI=1S/C17H20ClNO/c1-12-8-9-14(10-13(12)2)16(19-3)11-20-17-7-5-4-6-15(17)18/h4-10,16,19H,11H2,1-3H3. The van der Waals surface area contributed by atoms with Crippen LogP contribution in [0.4, 0.5) is 0 Å². The molecule has 2 rings (SSSR count). The number of rotatable bonds is 5. The predicted molar refractivity (Wildman–Crippen MR) is 84.7 cm³/mol. The number of nitrogens with one attached hydrogen (secondary N) is 1. The fourth-order valence-corrected chi connectivity index (χ4v) is 2.25. The number of aryl methyl sites for hydroxylation is 2. The Morgan fingerprint density at radius 3 is 2.50 bits per heavy atom. The van der Waals surface area contributed by atoms with Crippen molar-refractivity contribution in [3.8, 4) is 5.75 Å². The van der Waals surface area contributed by atoms with E-state index in [0.29, 0.717) is 11.6 Å². The van der Waals surface area contributed by atoms with Crippen molar-refractivity contribution in [3.05, 3.63) is 64.2 Å². The second-order valence-electron chi connectivity index (χ2n) is 4.93. The summed E-state index contributed by atoms with van der Waals surface area (Å²) in [5, 5.41) is 3.93. The lowest BCUT2D eigenvalue weighted by Gasteiger charge is -2.19. The third kappa shape index (κ3) is 3.53. The summed E-state index contributed by atoms with van der Waals surface area (Å²) in [6.07, 6.45) is 0. The zero-order valence-electron chi connectivity index (χ0n) is 12.1. The van der Waals surface area contributed by atoms with E-state index in [1.54, 1.807) is 0 Å². The van der Waals surface area contributed by atoms with Gasteiger partial charge in [0.25, 0.3) is 0 Å². The third-order valence-corrected chi connectivity index (χ3v) is 3.84. The Morgan fingerprint density at radius 1 is 1.10 bits per heavy atom. The van der Waals surface area contributed by atoms with Gasteiger partial charge in [0, 0.05) is 0 Å². The van der Waals surface area contributed by atoms with Gasteiger partial charge in [-0.05, 0) is 49.7 Å². The molecule has 20 heavy (non-hydrogen) atoms. The predicted octanol–water partition coefficient (Wildman–Crippen LogP) is 4.30. The van der Waals surface area contributed by atoms with Gasteiger partial charge in [0.1, 0.15) is 12.4 Å². The molecular weight excluding hydrogens is 270 g/mol. The van der Waals surface area contributed by atoms with E-state index in [1.165, 1.54) is 16.7 Å². The van der Waals surface area contributed by atoms with E-state index in [-0.39, 0.29) is 6.04 Å². The van der Waals surface area contributed by atoms with Crippen LogP contribution in [0.3, 0.4) is 0 Å². The molecule has 0 heterocycles. The van der Waals surface area contributed by atoms with Crippen molar-refractivity contribution < 1.29 is 4.74 Å². The van der Waals surface area contributed by atoms with E-state index in [4.69, 9.17) is 16.3 Å². The summed E-state index contributed by atoms with van der Waals surface area (Å²) >= 11 is 6.10. The zero-order chi connectivity index (χ0) is 14.5. The van der Waals surface area contributed by atoms with Gasteiger partial charge in [-0.15, -0.1) is 0 Å². The van der Waals surface area contributed by atoms with Crippen LogP contribution in [-0.2, 0) is 0 Å². The monoisotopic (exact) mass is 289 g/mol. The molecule has 0 aliphatic carbocycles. The lowest BCUT2D eigenvalue weighted by atomic mass is 10.0. The first-order chi connectivity index (χ1) is 9.61. The molecule has 0 bridgehead atoms. The molecule has 0 radical (unpaired) electrons. The van der Waals surface area contributed by atoms with Crippen LogP contribution < -0.4 is 10.1 Å². The van der Waals surface area contributed by atoms with Crippen molar-refractivity contribution in [3.63, 3.8) is 0 Å². The zero-order valence-corrected chi connectivity index (χ0v) is 12.9. The highest BCUT2D eigenvalue weighted by Crippen LogP contribution is 2.25. The summed E-state index contributed by atoms with van der Waals surface area (Å²) in [6.45, 7) is 4.79. The maximum atomic E-state index is 6.10. The first-order valence-electron chi connectivity index (χ1n) is 6.73. The Balaban J connectivity index is 2.09. The van der Waals surface area contributed by atoms with Gasteiger partial charge in [0.05, 0.1) is 11.1 Å². The van der Waals surface area contributed by atoms with Gasteiger partial charge < -0.3 is 10.1 Å². The molecule has 0 amide bonds. The fraction of sp³-hybridized carbons (Fsp3) is 0.294. The average molecular weight is 290 g/mol. The SMILES string of the molecule is CNC(COc1ccccc1Cl)c1ccc(C)c(C)c1. The summed E-state index contributed by atoms with van der Waals surface area (Å²) in [4.78, 5) is 0. The first-order valence-corrected chi connectivity index (χ1v) is 7.11. The van der Waals surface area contributed by atoms with Crippen LogP contribution in [0.1, 0.15) is 22.7 Å². The van der Waals surface area contributed by atoms with Crippen LogP contribution in [-0.4, -0.2) is 13.7 Å². The highest BCUT2D eigenvalue weighted by Gasteiger charge is 2.11. The molecule has 2 aromatic carbocycles. The van der Waals surface area contributed by atoms with Gasteiger partial charge in [-0.25, -0.2) is 0 Å². The minimum Gasteiger partial charge on any atom is -0.490 e. The van der Waals surface area contributed by atoms with Crippen LogP contribution in [0.5, 0.6) is 5.75 Å². The number of benzene rings is 2. The Labute approximate surface area is 125 Å². The van der Waals surface area contributed by atoms with Crippen molar-refractivity contribution in [1.29, 1.82) is 0 Å². The lowest BCUT2D eigenvalue weighted by Crippen LogP contribution is -2.23. The molecule has 0 aliphatic heterocycles. The molecule has 3 heteroatoms. The minimum atomic E-state index is 0.144. The topological polar surface area (TPSA) is 21.3 Å². The van der Waals surface area contributed by atoms with Crippen molar-refractivity contribution in [2.24, 2.45) is 0 Å². The molecule has 0 spiro atoms. The van der Waals surface area contributed by atoms with E-state index in [1.807, 2.05) is 31.3 Å². The summed E-state index contributed by atoms with van der Waals surface area (Å²) in [6, 6.07) is 14.2. The summed E-state index contributed by atoms with van der Waals surface area (Å²) in [5.74, 6) is 0.721. The Bertz CT molecular complexity index is 583. The Kier molecular flexibility index (Phi) is 5.05. The van der Waals surface area contributed by atoms with E-state index in [9.17, 15) is 0 Å². The lowest BCUT2D eigenvalue weighted by molar-refractivity contribution is 0.273. The van der Waals surface area contributed by atoms with Crippen LogP contribution in [0, 0.1) is 13.8 Å². The summed E-state index contributed by atoms with van der Waals surface area (Å²) in [7, 11) is 1.94. The molecule has 1 N–H and O–H groups in total. The number of likely N-dealkylation sites (N-methyl/N-ethyl adjacent to an activating group) is 1. The number of para-hydroxylation sites is 1. The van der Waals surface area contributed by atoms with Gasteiger partial charge in [-0.2, -0.15) is 0 Å². The van der Waals surface area contributed by atoms with Crippen molar-refractivity contribution in [1.82, 2.24) is 5.32 Å². The summed E-state index contributed by atoms with van der Waals surface area (Å²) in [5.41, 5.74) is 3.82. The number of ether oxygens (including phenoxy) is 1. The molecule has 2 nitrogen and oxygen atoms in total. The third-order valence-electron chi connectivity index (χ3n) is 3.52. The van der Waals surface area contributed by atoms with Gasteiger partial charge in [0.2, 0.25) is 0 Å². The second-order valence-corrected chi connectivity index (χ2v) is 5.33. The van der Waals surface area contributed by atoms with E-state index in [0.717, 1.165) is 5.75 Å². The molecule has 0 aliphatic rings. The van der Waals surface area contributed by atoms with Crippen molar-refractivity contribution >= 4 is 11.6 Å². The van der Waals surface area contributed by atoms with Gasteiger partial charge >= 0.3 is 0 Å². The normalized spacial score (nSPS) is 12.2. The van der Waals surface area contributed by atoms with Crippen LogP contribution in [0.25, 0.3) is 0 Å². The van der Waals surface area contributed by atoms with Crippen molar-refractivity contribution in [2.75, 3.05) is 13.7 Å². The fourth-order valence-electron chi connectivity index (χ4n) is 2.06. The van der Waals surface area contributed by atoms with Gasteiger partial charge in [-0.1, -0.05) is 41.9 Å². The molecule has 2 aromatic rings. The molecule has 0 aromatic heterocycles. The maximum absolute atomic E-state index is 6.10. The highest BCUT2D eigenvalue weighted by atomic mass is 35.5. The highest BCUT2D eigenvalue weighted by molar-refractivity contribution is 6.32. The minimum absolute atomic E-state index is 0.144. The second kappa shape index (κ2) is 6.78. The summed E-state index contributed by atoms with van der Waals surface area (Å²) < 4.78 is 5.82. The molecule has 1 atom stereocenters. The molecule has 0 saturated heterocycles. The molecule has 0 fully saturated rings. The van der Waals surface area contributed by atoms with Gasteiger partial charge in [-0.3, -0.25) is 0 Å². The van der Waals surface area contributed by atoms with Crippen LogP contribution in [0.2, 0.25) is 5.02 Å². The Morgan fingerprint density at radius 2 is 1.85 bits per heavy atom. The number of hydrogen-bond acceptors (Lipinski definition) is 2. The van der Waals surface area contributed by atoms with E-state index in [2.05, 4.69) is 37.4 Å². The van der Waals surface area contributed by atoms with Gasteiger partial charge in [0.15, 0.2) is 0 Å². The van der Waals surface area contributed by atoms with Crippen molar-refractivity contribution in [2.45, 2.75) is 19.9 Å². The number of halogens is 1. The van der Waals surface area contributed by atoms with E-state index >= 15 is 0 Å². The molecule has 0 saturated carbocycles. The maximum Gasteiger partial charge on any atom is 0.137 e. The smallest absolute Gasteiger partial charge is 0.137 e. The Hall–Kier alpha value is -1.51. The largest absolute Gasteiger partial charge is 0.490 e. The number of hydrogen-bond donors (Lipinski definition) is 1. The van der Waals surface area contributed by atoms with Crippen LogP contribution in [0.15, 0.2) is 42.5 Å².